The Morgan fingerprint density at radius 1 is 1.08 bits per heavy atom. The Morgan fingerprint density at radius 3 is 2.62 bits per heavy atom. The summed E-state index contributed by atoms with van der Waals surface area (Å²) in [5.41, 5.74) is 2.55. The SMILES string of the molecule is Cc1ccccc1-c1nnc(NC(=O)Nc2ccc(Cl)cc2Cl)s1. The van der Waals surface area contributed by atoms with Crippen LogP contribution in [0.15, 0.2) is 42.5 Å². The van der Waals surface area contributed by atoms with Crippen molar-refractivity contribution in [1.29, 1.82) is 0 Å². The van der Waals surface area contributed by atoms with Crippen LogP contribution in [0.5, 0.6) is 0 Å². The molecule has 0 saturated carbocycles. The molecule has 0 aliphatic rings. The van der Waals surface area contributed by atoms with E-state index in [1.165, 1.54) is 11.3 Å². The molecule has 8 heteroatoms. The van der Waals surface area contributed by atoms with Crippen LogP contribution in [0.2, 0.25) is 10.0 Å². The van der Waals surface area contributed by atoms with Crippen molar-refractivity contribution in [1.82, 2.24) is 10.2 Å². The molecule has 0 aliphatic heterocycles. The minimum absolute atomic E-state index is 0.357. The molecule has 0 bridgehead atoms. The lowest BCUT2D eigenvalue weighted by Gasteiger charge is -2.07. The molecule has 24 heavy (non-hydrogen) atoms. The van der Waals surface area contributed by atoms with Gasteiger partial charge in [0.2, 0.25) is 5.13 Å². The van der Waals surface area contributed by atoms with Crippen molar-refractivity contribution in [2.24, 2.45) is 0 Å². The van der Waals surface area contributed by atoms with Crippen LogP contribution >= 0.6 is 34.5 Å². The third kappa shape index (κ3) is 3.84. The second-order valence-corrected chi connectivity index (χ2v) is 6.75. The van der Waals surface area contributed by atoms with E-state index in [9.17, 15) is 4.79 Å². The van der Waals surface area contributed by atoms with E-state index in [0.29, 0.717) is 20.9 Å². The molecule has 3 aromatic rings. The molecule has 0 radical (unpaired) electrons. The summed E-state index contributed by atoms with van der Waals surface area (Å²) in [4.78, 5) is 12.1. The third-order valence-corrected chi connectivity index (χ3v) is 4.62. The number of amides is 2. The maximum Gasteiger partial charge on any atom is 0.325 e. The molecule has 2 amide bonds. The molecular formula is C16H12Cl2N4OS. The largest absolute Gasteiger partial charge is 0.325 e. The van der Waals surface area contributed by atoms with Gasteiger partial charge in [-0.3, -0.25) is 5.32 Å². The molecule has 0 atom stereocenters. The fourth-order valence-corrected chi connectivity index (χ4v) is 3.32. The molecule has 0 aliphatic carbocycles. The highest BCUT2D eigenvalue weighted by atomic mass is 35.5. The molecule has 0 unspecified atom stereocenters. The van der Waals surface area contributed by atoms with Crippen molar-refractivity contribution in [2.75, 3.05) is 10.6 Å². The van der Waals surface area contributed by atoms with Gasteiger partial charge in [-0.25, -0.2) is 4.79 Å². The van der Waals surface area contributed by atoms with Gasteiger partial charge in [-0.05, 0) is 30.7 Å². The van der Waals surface area contributed by atoms with Gasteiger partial charge in [0.15, 0.2) is 0 Å². The molecule has 0 fully saturated rings. The Labute approximate surface area is 152 Å². The second-order valence-electron chi connectivity index (χ2n) is 4.93. The lowest BCUT2D eigenvalue weighted by Crippen LogP contribution is -2.19. The molecular weight excluding hydrogens is 367 g/mol. The Hall–Kier alpha value is -2.15. The van der Waals surface area contributed by atoms with Gasteiger partial charge in [-0.15, -0.1) is 10.2 Å². The smallest absolute Gasteiger partial charge is 0.306 e. The average Bonchev–Trinajstić information content (AvgIpc) is 2.99. The number of hydrogen-bond acceptors (Lipinski definition) is 4. The van der Waals surface area contributed by atoms with E-state index >= 15 is 0 Å². The molecule has 0 saturated heterocycles. The minimum atomic E-state index is -0.452. The van der Waals surface area contributed by atoms with Crippen LogP contribution in [0.1, 0.15) is 5.56 Å². The number of urea groups is 1. The number of halogens is 2. The van der Waals surface area contributed by atoms with E-state index in [1.54, 1.807) is 18.2 Å². The van der Waals surface area contributed by atoms with Crippen LogP contribution < -0.4 is 10.6 Å². The van der Waals surface area contributed by atoms with Crippen molar-refractivity contribution in [2.45, 2.75) is 6.92 Å². The predicted molar refractivity (Wildman–Crippen MR) is 99.2 cm³/mol. The van der Waals surface area contributed by atoms with E-state index in [4.69, 9.17) is 23.2 Å². The lowest BCUT2D eigenvalue weighted by atomic mass is 10.1. The van der Waals surface area contributed by atoms with Crippen molar-refractivity contribution >= 4 is 51.4 Å². The predicted octanol–water partition coefficient (Wildman–Crippen LogP) is 5.46. The van der Waals surface area contributed by atoms with Crippen LogP contribution in [0.4, 0.5) is 15.6 Å². The number of benzene rings is 2. The molecule has 5 nitrogen and oxygen atoms in total. The third-order valence-electron chi connectivity index (χ3n) is 3.20. The van der Waals surface area contributed by atoms with Crippen LogP contribution in [0, 0.1) is 6.92 Å². The topological polar surface area (TPSA) is 66.9 Å². The Balaban J connectivity index is 1.70. The number of nitrogens with zero attached hydrogens (tertiary/aromatic N) is 2. The number of rotatable bonds is 3. The summed E-state index contributed by atoms with van der Waals surface area (Å²) in [7, 11) is 0. The van der Waals surface area contributed by atoms with Gasteiger partial charge in [0.25, 0.3) is 0 Å². The number of nitrogens with one attached hydrogen (secondary N) is 2. The van der Waals surface area contributed by atoms with Crippen LogP contribution in [-0.2, 0) is 0 Å². The highest BCUT2D eigenvalue weighted by Crippen LogP contribution is 2.29. The first-order valence-corrected chi connectivity index (χ1v) is 8.53. The molecule has 1 heterocycles. The van der Waals surface area contributed by atoms with Gasteiger partial charge < -0.3 is 5.32 Å². The molecule has 2 aromatic carbocycles. The fraction of sp³-hybridized carbons (Fsp3) is 0.0625. The van der Waals surface area contributed by atoms with Gasteiger partial charge in [0.05, 0.1) is 10.7 Å². The number of carbonyl (C=O) groups excluding carboxylic acids is 1. The summed E-state index contributed by atoms with van der Waals surface area (Å²) in [5.74, 6) is 0. The van der Waals surface area contributed by atoms with E-state index < -0.39 is 6.03 Å². The fourth-order valence-electron chi connectivity index (χ4n) is 2.04. The number of anilines is 2. The molecule has 3 rings (SSSR count). The summed E-state index contributed by atoms with van der Waals surface area (Å²) in [6.45, 7) is 2.00. The number of aryl methyl sites for hydroxylation is 1. The molecule has 1 aromatic heterocycles. The summed E-state index contributed by atoms with van der Waals surface area (Å²) >= 11 is 13.2. The summed E-state index contributed by atoms with van der Waals surface area (Å²) < 4.78 is 0. The van der Waals surface area contributed by atoms with Crippen LogP contribution in [-0.4, -0.2) is 16.2 Å². The van der Waals surface area contributed by atoms with Gasteiger partial charge in [-0.1, -0.05) is 58.8 Å². The monoisotopic (exact) mass is 378 g/mol. The average molecular weight is 379 g/mol. The first kappa shape index (κ1) is 16.7. The van der Waals surface area contributed by atoms with Gasteiger partial charge >= 0.3 is 6.03 Å². The Morgan fingerprint density at radius 2 is 1.88 bits per heavy atom. The van der Waals surface area contributed by atoms with Crippen LogP contribution in [0.25, 0.3) is 10.6 Å². The Kier molecular flexibility index (Phi) is 4.99. The Bertz CT molecular complexity index is 897. The van der Waals surface area contributed by atoms with Crippen molar-refractivity contribution in [3.63, 3.8) is 0 Å². The first-order chi connectivity index (χ1) is 11.5. The van der Waals surface area contributed by atoms with Crippen molar-refractivity contribution in [3.8, 4) is 10.6 Å². The maximum absolute atomic E-state index is 12.1. The summed E-state index contributed by atoms with van der Waals surface area (Å²) in [5, 5.41) is 15.4. The van der Waals surface area contributed by atoms with Crippen molar-refractivity contribution < 1.29 is 4.79 Å². The lowest BCUT2D eigenvalue weighted by molar-refractivity contribution is 0.262. The normalized spacial score (nSPS) is 10.5. The number of aromatic nitrogens is 2. The molecule has 0 spiro atoms. The van der Waals surface area contributed by atoms with Gasteiger partial charge in [0.1, 0.15) is 5.01 Å². The van der Waals surface area contributed by atoms with E-state index in [2.05, 4.69) is 20.8 Å². The van der Waals surface area contributed by atoms with E-state index in [-0.39, 0.29) is 0 Å². The van der Waals surface area contributed by atoms with Gasteiger partial charge in [0, 0.05) is 10.6 Å². The molecule has 122 valence electrons. The van der Waals surface area contributed by atoms with E-state index in [0.717, 1.165) is 16.1 Å². The number of carbonyl (C=O) groups is 1. The molecule has 2 N–H and O–H groups in total. The summed E-state index contributed by atoms with van der Waals surface area (Å²) in [6, 6.07) is 12.2. The number of hydrogen-bond donors (Lipinski definition) is 2. The minimum Gasteiger partial charge on any atom is -0.306 e. The van der Waals surface area contributed by atoms with Crippen molar-refractivity contribution in [3.05, 3.63) is 58.1 Å². The second kappa shape index (κ2) is 7.17. The zero-order chi connectivity index (χ0) is 17.1. The van der Waals surface area contributed by atoms with Crippen LogP contribution in [0.3, 0.4) is 0 Å². The summed E-state index contributed by atoms with van der Waals surface area (Å²) in [6.07, 6.45) is 0. The quantitative estimate of drug-likeness (QED) is 0.635. The zero-order valence-corrected chi connectivity index (χ0v) is 14.8. The first-order valence-electron chi connectivity index (χ1n) is 6.95. The zero-order valence-electron chi connectivity index (χ0n) is 12.5. The highest BCUT2D eigenvalue weighted by Gasteiger charge is 2.12. The van der Waals surface area contributed by atoms with E-state index in [1.807, 2.05) is 31.2 Å². The highest BCUT2D eigenvalue weighted by molar-refractivity contribution is 7.18. The van der Waals surface area contributed by atoms with Gasteiger partial charge in [-0.2, -0.15) is 0 Å². The maximum atomic E-state index is 12.1. The standard InChI is InChI=1S/C16H12Cl2N4OS/c1-9-4-2-3-5-11(9)14-21-22-16(24-14)20-15(23)19-13-7-6-10(17)8-12(13)18/h2-8H,1H3,(H2,19,20,22,23).